The lowest BCUT2D eigenvalue weighted by Crippen LogP contribution is -2.49. The molecule has 2 amide bonds. The third kappa shape index (κ3) is 7.30. The zero-order valence-corrected chi connectivity index (χ0v) is 27.2. The number of aromatic nitrogens is 1. The number of nitrogens with two attached hydrogens (primary N) is 1. The van der Waals surface area contributed by atoms with Crippen molar-refractivity contribution in [1.29, 1.82) is 0 Å². The number of methoxy groups -OCH3 is 1. The van der Waals surface area contributed by atoms with Crippen molar-refractivity contribution < 1.29 is 27.9 Å². The molecule has 14 heteroatoms. The van der Waals surface area contributed by atoms with Crippen molar-refractivity contribution >= 4 is 49.4 Å². The summed E-state index contributed by atoms with van der Waals surface area (Å²) in [4.78, 5) is 35.7. The fourth-order valence-electron chi connectivity index (χ4n) is 5.57. The van der Waals surface area contributed by atoms with Crippen LogP contribution in [0, 0.1) is 20.8 Å². The number of aryl methyl sites for hydroxylation is 1. The molecule has 1 aliphatic heterocycles. The van der Waals surface area contributed by atoms with Crippen molar-refractivity contribution in [2.24, 2.45) is 10.7 Å². The number of thiazole rings is 1. The van der Waals surface area contributed by atoms with Gasteiger partial charge in [-0.05, 0) is 81.3 Å². The van der Waals surface area contributed by atoms with Gasteiger partial charge >= 0.3 is 0 Å². The molecule has 2 heterocycles. The minimum absolute atomic E-state index is 0.113. The highest BCUT2D eigenvalue weighted by Gasteiger charge is 2.35. The zero-order valence-electron chi connectivity index (χ0n) is 25.6. The number of sulfonamides is 1. The van der Waals surface area contributed by atoms with Crippen molar-refractivity contribution in [3.8, 4) is 5.75 Å². The number of aliphatic imine (C=N–C) groups is 1. The van der Waals surface area contributed by atoms with Crippen molar-refractivity contribution in [3.05, 3.63) is 52.0 Å². The molecule has 3 atom stereocenters. The summed E-state index contributed by atoms with van der Waals surface area (Å²) in [7, 11) is -2.49. The second kappa shape index (κ2) is 13.9. The van der Waals surface area contributed by atoms with Gasteiger partial charge in [0.2, 0.25) is 17.8 Å². The Labute approximate surface area is 261 Å². The van der Waals surface area contributed by atoms with Crippen LogP contribution < -0.4 is 20.5 Å². The molecule has 1 saturated heterocycles. The number of carbonyl (C=O) groups excluding carboxylic acids is 2. The van der Waals surface area contributed by atoms with Crippen LogP contribution in [0.4, 0.5) is 0 Å². The predicted molar refractivity (Wildman–Crippen MR) is 170 cm³/mol. The second-order valence-corrected chi connectivity index (χ2v) is 13.6. The van der Waals surface area contributed by atoms with Gasteiger partial charge in [0.15, 0.2) is 0 Å². The molecular formula is C30H40N6O6S2. The number of benzene rings is 2. The summed E-state index contributed by atoms with van der Waals surface area (Å²) in [5, 5.41) is 14.7. The molecule has 12 nitrogen and oxygen atoms in total. The molecule has 0 saturated carbocycles. The number of rotatable bonds is 11. The zero-order chi connectivity index (χ0) is 32.2. The molecule has 1 aromatic heterocycles. The maximum atomic E-state index is 13.3. The quantitative estimate of drug-likeness (QED) is 0.140. The second-order valence-electron chi connectivity index (χ2n) is 10.9. The SMILES string of the molecule is COc1cc(C)c(S(=O)(=O)NC(N)=NCCC[C@H](NC(=O)[C@@H]2CCCN2C(C)=O)C(O)c2nc3ccccc3s2)c(C)c1C. The van der Waals surface area contributed by atoms with Crippen LogP contribution in [0.15, 0.2) is 40.2 Å². The number of aliphatic hydroxyl groups is 1. The number of amides is 2. The lowest BCUT2D eigenvalue weighted by molar-refractivity contribution is -0.137. The fourth-order valence-corrected chi connectivity index (χ4v) is 8.07. The summed E-state index contributed by atoms with van der Waals surface area (Å²) < 4.78 is 35.0. The Bertz CT molecular complexity index is 1640. The first-order valence-electron chi connectivity index (χ1n) is 14.4. The van der Waals surface area contributed by atoms with Gasteiger partial charge < -0.3 is 25.8 Å². The molecule has 0 spiro atoms. The summed E-state index contributed by atoms with van der Waals surface area (Å²) in [6.45, 7) is 7.26. The molecule has 0 radical (unpaired) electrons. The summed E-state index contributed by atoms with van der Waals surface area (Å²) in [5.41, 5.74) is 8.50. The molecule has 3 aromatic rings. The molecule has 0 bridgehead atoms. The monoisotopic (exact) mass is 644 g/mol. The van der Waals surface area contributed by atoms with E-state index in [1.165, 1.54) is 25.4 Å². The molecule has 1 unspecified atom stereocenters. The number of carbonyl (C=O) groups is 2. The first-order chi connectivity index (χ1) is 20.8. The average Bonchev–Trinajstić information content (AvgIpc) is 3.64. The van der Waals surface area contributed by atoms with Gasteiger partial charge in [-0.15, -0.1) is 11.3 Å². The molecule has 4 rings (SSSR count). The van der Waals surface area contributed by atoms with E-state index in [2.05, 4.69) is 20.0 Å². The molecule has 5 N–H and O–H groups in total. The summed E-state index contributed by atoms with van der Waals surface area (Å²) >= 11 is 1.34. The van der Waals surface area contributed by atoms with Crippen LogP contribution in [-0.2, 0) is 19.6 Å². The van der Waals surface area contributed by atoms with E-state index in [1.807, 2.05) is 24.3 Å². The van der Waals surface area contributed by atoms with Gasteiger partial charge in [0, 0.05) is 20.0 Å². The van der Waals surface area contributed by atoms with Crippen molar-refractivity contribution in [3.63, 3.8) is 0 Å². The van der Waals surface area contributed by atoms with Crippen LogP contribution in [0.3, 0.4) is 0 Å². The number of aliphatic hydroxyl groups excluding tert-OH is 1. The van der Waals surface area contributed by atoms with Crippen LogP contribution in [0.2, 0.25) is 0 Å². The first kappa shape index (κ1) is 33.1. The van der Waals surface area contributed by atoms with Crippen LogP contribution in [0.5, 0.6) is 5.75 Å². The molecule has 44 heavy (non-hydrogen) atoms. The minimum atomic E-state index is -4.02. The maximum Gasteiger partial charge on any atom is 0.264 e. The maximum absolute atomic E-state index is 13.3. The Morgan fingerprint density at radius 1 is 1.25 bits per heavy atom. The third-order valence-corrected chi connectivity index (χ3v) is 10.6. The van der Waals surface area contributed by atoms with E-state index < -0.39 is 28.2 Å². The van der Waals surface area contributed by atoms with Gasteiger partial charge in [0.05, 0.1) is 28.3 Å². The number of hydrogen-bond acceptors (Lipinski definition) is 9. The average molecular weight is 645 g/mol. The van der Waals surface area contributed by atoms with Gasteiger partial charge in [-0.25, -0.2) is 18.1 Å². The highest BCUT2D eigenvalue weighted by molar-refractivity contribution is 7.90. The molecule has 238 valence electrons. The Kier molecular flexibility index (Phi) is 10.5. The number of nitrogens with one attached hydrogen (secondary N) is 2. The van der Waals surface area contributed by atoms with E-state index in [1.54, 1.807) is 31.7 Å². The normalized spacial score (nSPS) is 17.0. The summed E-state index contributed by atoms with van der Waals surface area (Å²) in [5.74, 6) is -0.183. The Morgan fingerprint density at radius 3 is 2.66 bits per heavy atom. The Balaban J connectivity index is 1.46. The predicted octanol–water partition coefficient (Wildman–Crippen LogP) is 2.83. The van der Waals surface area contributed by atoms with Gasteiger partial charge in [0.1, 0.15) is 22.9 Å². The summed E-state index contributed by atoms with van der Waals surface area (Å²) in [6.07, 6.45) is 0.836. The molecule has 1 aliphatic rings. The Hall–Kier alpha value is -3.75. The number of guanidine groups is 1. The topological polar surface area (TPSA) is 176 Å². The van der Waals surface area contributed by atoms with Crippen LogP contribution in [0.25, 0.3) is 10.2 Å². The van der Waals surface area contributed by atoms with E-state index in [0.717, 1.165) is 16.6 Å². The van der Waals surface area contributed by atoms with E-state index in [9.17, 15) is 23.1 Å². The van der Waals surface area contributed by atoms with Crippen molar-refractivity contribution in [2.45, 2.75) is 76.5 Å². The van der Waals surface area contributed by atoms with Crippen LogP contribution in [0.1, 0.15) is 60.4 Å². The Morgan fingerprint density at radius 2 is 1.98 bits per heavy atom. The molecule has 0 aliphatic carbocycles. The lowest BCUT2D eigenvalue weighted by Gasteiger charge is -2.27. The van der Waals surface area contributed by atoms with Gasteiger partial charge in [-0.2, -0.15) is 0 Å². The van der Waals surface area contributed by atoms with Crippen LogP contribution >= 0.6 is 11.3 Å². The van der Waals surface area contributed by atoms with E-state index in [0.29, 0.717) is 53.3 Å². The van der Waals surface area contributed by atoms with Gasteiger partial charge in [0.25, 0.3) is 10.0 Å². The fraction of sp³-hybridized carbons (Fsp3) is 0.467. The van der Waals surface area contributed by atoms with Crippen molar-refractivity contribution in [2.75, 3.05) is 20.2 Å². The van der Waals surface area contributed by atoms with Crippen molar-refractivity contribution in [1.82, 2.24) is 19.9 Å². The largest absolute Gasteiger partial charge is 0.496 e. The first-order valence-corrected chi connectivity index (χ1v) is 16.7. The van der Waals surface area contributed by atoms with E-state index >= 15 is 0 Å². The molecular weight excluding hydrogens is 605 g/mol. The van der Waals surface area contributed by atoms with Gasteiger partial charge in [-0.3, -0.25) is 14.6 Å². The number of para-hydroxylation sites is 1. The third-order valence-electron chi connectivity index (χ3n) is 7.89. The minimum Gasteiger partial charge on any atom is -0.496 e. The summed E-state index contributed by atoms with van der Waals surface area (Å²) in [6, 6.07) is 7.86. The number of hydrogen-bond donors (Lipinski definition) is 4. The number of ether oxygens (including phenoxy) is 1. The number of fused-ring (bicyclic) bond motifs is 1. The molecule has 1 fully saturated rings. The van der Waals surface area contributed by atoms with Gasteiger partial charge in [-0.1, -0.05) is 12.1 Å². The van der Waals surface area contributed by atoms with E-state index in [-0.39, 0.29) is 29.2 Å². The molecule has 2 aromatic carbocycles. The van der Waals surface area contributed by atoms with Crippen LogP contribution in [-0.4, -0.2) is 73.5 Å². The lowest BCUT2D eigenvalue weighted by atomic mass is 10.0. The highest BCUT2D eigenvalue weighted by Crippen LogP contribution is 2.31. The smallest absolute Gasteiger partial charge is 0.264 e. The number of nitrogens with zero attached hydrogens (tertiary/aromatic N) is 3. The number of likely N-dealkylation sites (tertiary alicyclic amines) is 1. The van der Waals surface area contributed by atoms with E-state index in [4.69, 9.17) is 10.5 Å². The standard InChI is InChI=1S/C30H40N6O6S2/c1-17-16-24(42-5)18(2)19(3)27(17)44(40,41)35-30(31)32-14-8-11-22(33-28(39)23-12-9-15-36(23)20(4)37)26(38)29-34-21-10-6-7-13-25(21)43-29/h6-7,10,13,16,22-23,26,38H,8-9,11-12,14-15H2,1-5H3,(H,33,39)(H3,31,32,35)/t22-,23-,26?/m0/s1. The highest BCUT2D eigenvalue weighted by atomic mass is 32.2.